The smallest absolute Gasteiger partial charge is 0.344 e. The van der Waals surface area contributed by atoms with E-state index >= 15 is 0 Å². The van der Waals surface area contributed by atoms with Gasteiger partial charge in [0.05, 0.1) is 19.3 Å². The average Bonchev–Trinajstić information content (AvgIpc) is 2.55. The second kappa shape index (κ2) is 6.99. The molecule has 2 heterocycles. The highest BCUT2D eigenvalue weighted by Gasteiger charge is 2.40. The number of carboxylic acids is 1. The molecule has 132 valence electrons. The summed E-state index contributed by atoms with van der Waals surface area (Å²) < 4.78 is 16.6. The van der Waals surface area contributed by atoms with E-state index in [9.17, 15) is 4.79 Å². The Bertz CT molecular complexity index is 589. The summed E-state index contributed by atoms with van der Waals surface area (Å²) in [6, 6.07) is 5.68. The van der Waals surface area contributed by atoms with Gasteiger partial charge in [0.15, 0.2) is 17.6 Å². The van der Waals surface area contributed by atoms with Crippen LogP contribution in [-0.4, -0.2) is 54.5 Å². The Balaban J connectivity index is 1.61. The molecular formula is C18H25NO5. The molecule has 1 N–H and O–H groups in total. The van der Waals surface area contributed by atoms with Gasteiger partial charge in [-0.15, -0.1) is 0 Å². The van der Waals surface area contributed by atoms with Crippen molar-refractivity contribution in [1.82, 2.24) is 4.90 Å². The lowest BCUT2D eigenvalue weighted by molar-refractivity contribution is -0.173. The lowest BCUT2D eigenvalue weighted by Gasteiger charge is -2.47. The van der Waals surface area contributed by atoms with Crippen molar-refractivity contribution in [3.05, 3.63) is 23.8 Å². The van der Waals surface area contributed by atoms with Gasteiger partial charge in [0.2, 0.25) is 0 Å². The van der Waals surface area contributed by atoms with E-state index in [1.807, 2.05) is 12.1 Å². The van der Waals surface area contributed by atoms with E-state index in [1.165, 1.54) is 13.3 Å². The van der Waals surface area contributed by atoms with E-state index in [-0.39, 0.29) is 5.60 Å². The van der Waals surface area contributed by atoms with Crippen LogP contribution in [0.15, 0.2) is 18.2 Å². The van der Waals surface area contributed by atoms with Gasteiger partial charge in [-0.3, -0.25) is 4.90 Å². The van der Waals surface area contributed by atoms with Crippen LogP contribution in [0.25, 0.3) is 0 Å². The largest absolute Gasteiger partial charge is 0.493 e. The predicted molar refractivity (Wildman–Crippen MR) is 88.5 cm³/mol. The molecule has 2 saturated heterocycles. The average molecular weight is 335 g/mol. The number of methoxy groups -OCH3 is 1. The van der Waals surface area contributed by atoms with Crippen LogP contribution >= 0.6 is 0 Å². The molecule has 0 saturated carbocycles. The van der Waals surface area contributed by atoms with Crippen LogP contribution in [0, 0.1) is 0 Å². The first-order chi connectivity index (χ1) is 11.5. The fraction of sp³-hybridized carbons (Fsp3) is 0.611. The molecule has 0 radical (unpaired) electrons. The van der Waals surface area contributed by atoms with Gasteiger partial charge in [0.25, 0.3) is 0 Å². The minimum atomic E-state index is -0.999. The summed E-state index contributed by atoms with van der Waals surface area (Å²) in [6.45, 7) is 5.34. The zero-order chi connectivity index (χ0) is 17.2. The van der Waals surface area contributed by atoms with Crippen molar-refractivity contribution in [2.75, 3.05) is 26.8 Å². The second-order valence-electron chi connectivity index (χ2n) is 6.64. The number of carboxylic acid groups (broad SMARTS) is 1. The molecule has 6 nitrogen and oxygen atoms in total. The topological polar surface area (TPSA) is 68.2 Å². The number of nitrogens with zero attached hydrogens (tertiary/aromatic N) is 1. The fourth-order valence-corrected chi connectivity index (χ4v) is 3.31. The third kappa shape index (κ3) is 3.65. The number of hydrogen-bond acceptors (Lipinski definition) is 5. The fourth-order valence-electron chi connectivity index (χ4n) is 3.31. The predicted octanol–water partition coefficient (Wildman–Crippen LogP) is 2.30. The summed E-state index contributed by atoms with van der Waals surface area (Å²) in [5.41, 5.74) is 1.30. The summed E-state index contributed by atoms with van der Waals surface area (Å²) in [5, 5.41) is 8.96. The van der Waals surface area contributed by atoms with Crippen molar-refractivity contribution < 1.29 is 24.1 Å². The molecule has 2 fully saturated rings. The number of likely N-dealkylation sites (tertiary alicyclic amines) is 1. The highest BCUT2D eigenvalue weighted by Crippen LogP contribution is 2.37. The molecule has 0 aliphatic carbocycles. The summed E-state index contributed by atoms with van der Waals surface area (Å²) in [5.74, 6) is 0.0228. The van der Waals surface area contributed by atoms with Crippen LogP contribution in [0.2, 0.25) is 0 Å². The molecule has 6 heteroatoms. The van der Waals surface area contributed by atoms with Gasteiger partial charge in [-0.05, 0) is 43.9 Å². The van der Waals surface area contributed by atoms with Gasteiger partial charge in [-0.2, -0.15) is 0 Å². The maximum Gasteiger partial charge on any atom is 0.344 e. The van der Waals surface area contributed by atoms with Gasteiger partial charge in [0, 0.05) is 19.6 Å². The SMILES string of the molecule is COc1cc(CN2CCC3(CCO3)CC2)ccc1OC(C)C(=O)O. The zero-order valence-corrected chi connectivity index (χ0v) is 14.3. The molecule has 1 unspecified atom stereocenters. The second-order valence-corrected chi connectivity index (χ2v) is 6.64. The monoisotopic (exact) mass is 335 g/mol. The Labute approximate surface area is 142 Å². The molecule has 24 heavy (non-hydrogen) atoms. The molecule has 3 rings (SSSR count). The lowest BCUT2D eigenvalue weighted by Crippen LogP contribution is -2.52. The van der Waals surface area contributed by atoms with E-state index < -0.39 is 12.1 Å². The number of hydrogen-bond donors (Lipinski definition) is 1. The highest BCUT2D eigenvalue weighted by molar-refractivity contribution is 5.72. The molecule has 0 aromatic heterocycles. The van der Waals surface area contributed by atoms with E-state index in [0.29, 0.717) is 11.5 Å². The first-order valence-electron chi connectivity index (χ1n) is 8.44. The number of aliphatic carboxylic acids is 1. The Kier molecular flexibility index (Phi) is 4.96. The quantitative estimate of drug-likeness (QED) is 0.860. The van der Waals surface area contributed by atoms with Gasteiger partial charge in [0.1, 0.15) is 0 Å². The van der Waals surface area contributed by atoms with E-state index in [0.717, 1.165) is 44.6 Å². The molecule has 2 aliphatic heterocycles. The van der Waals surface area contributed by atoms with Crippen molar-refractivity contribution in [3.63, 3.8) is 0 Å². The van der Waals surface area contributed by atoms with Crippen LogP contribution in [0.5, 0.6) is 11.5 Å². The first kappa shape index (κ1) is 17.0. The summed E-state index contributed by atoms with van der Waals surface area (Å²) in [6.07, 6.45) is 2.48. The van der Waals surface area contributed by atoms with E-state index in [4.69, 9.17) is 19.3 Å². The minimum absolute atomic E-state index is 0.166. The van der Waals surface area contributed by atoms with Crippen LogP contribution in [0.1, 0.15) is 31.7 Å². The van der Waals surface area contributed by atoms with Gasteiger partial charge in [-0.1, -0.05) is 6.07 Å². The number of benzene rings is 1. The summed E-state index contributed by atoms with van der Waals surface area (Å²) in [4.78, 5) is 13.4. The molecule has 1 atom stereocenters. The Morgan fingerprint density at radius 1 is 1.33 bits per heavy atom. The van der Waals surface area contributed by atoms with Gasteiger partial charge in [-0.25, -0.2) is 4.79 Å². The van der Waals surface area contributed by atoms with Crippen molar-refractivity contribution >= 4 is 5.97 Å². The third-order valence-electron chi connectivity index (χ3n) is 5.02. The standard InChI is InChI=1S/C18H25NO5/c1-13(17(20)21)24-15-4-3-14(11-16(15)22-2)12-19-8-5-18(6-9-19)7-10-23-18/h3-4,11,13H,5-10,12H2,1-2H3,(H,20,21). The molecular weight excluding hydrogens is 310 g/mol. The van der Waals surface area contributed by atoms with Gasteiger partial charge < -0.3 is 19.3 Å². The third-order valence-corrected chi connectivity index (χ3v) is 5.02. The Hall–Kier alpha value is -1.79. The van der Waals surface area contributed by atoms with Crippen LogP contribution in [0.4, 0.5) is 0 Å². The van der Waals surface area contributed by atoms with Crippen LogP contribution in [0.3, 0.4) is 0 Å². The number of ether oxygens (including phenoxy) is 3. The van der Waals surface area contributed by atoms with Crippen molar-refractivity contribution in [3.8, 4) is 11.5 Å². The lowest BCUT2D eigenvalue weighted by atomic mass is 9.84. The van der Waals surface area contributed by atoms with Crippen molar-refractivity contribution in [2.24, 2.45) is 0 Å². The Morgan fingerprint density at radius 3 is 2.58 bits per heavy atom. The van der Waals surface area contributed by atoms with E-state index in [1.54, 1.807) is 13.2 Å². The minimum Gasteiger partial charge on any atom is -0.493 e. The maximum absolute atomic E-state index is 10.9. The highest BCUT2D eigenvalue weighted by atomic mass is 16.5. The molecule has 2 aliphatic rings. The van der Waals surface area contributed by atoms with Crippen LogP contribution in [-0.2, 0) is 16.1 Å². The number of rotatable bonds is 6. The first-order valence-corrected chi connectivity index (χ1v) is 8.44. The normalized spacial score (nSPS) is 21.1. The molecule has 0 bridgehead atoms. The van der Waals surface area contributed by atoms with Crippen molar-refractivity contribution in [2.45, 2.75) is 44.4 Å². The molecule has 1 aromatic carbocycles. The molecule has 1 spiro atoms. The summed E-state index contributed by atoms with van der Waals surface area (Å²) in [7, 11) is 1.57. The van der Waals surface area contributed by atoms with Crippen molar-refractivity contribution in [1.29, 1.82) is 0 Å². The Morgan fingerprint density at radius 2 is 2.04 bits per heavy atom. The zero-order valence-electron chi connectivity index (χ0n) is 14.3. The van der Waals surface area contributed by atoms with Gasteiger partial charge >= 0.3 is 5.97 Å². The maximum atomic E-state index is 10.9. The van der Waals surface area contributed by atoms with E-state index in [2.05, 4.69) is 4.90 Å². The summed E-state index contributed by atoms with van der Waals surface area (Å²) >= 11 is 0. The number of carbonyl (C=O) groups is 1. The van der Waals surface area contributed by atoms with Crippen LogP contribution < -0.4 is 9.47 Å². The number of piperidine rings is 1. The molecule has 0 amide bonds. The molecule has 1 aromatic rings.